The Kier molecular flexibility index (Phi) is 4.44. The summed E-state index contributed by atoms with van der Waals surface area (Å²) in [4.78, 5) is 20.6. The van der Waals surface area contributed by atoms with Gasteiger partial charge in [0.15, 0.2) is 0 Å². The molecule has 6 nitrogen and oxygen atoms in total. The summed E-state index contributed by atoms with van der Waals surface area (Å²) in [5, 5.41) is 2.92. The molecule has 1 aromatic rings. The van der Waals surface area contributed by atoms with Crippen LogP contribution in [0.15, 0.2) is 12.3 Å². The van der Waals surface area contributed by atoms with Gasteiger partial charge in [0.05, 0.1) is 17.7 Å². The molecule has 1 aliphatic rings. The van der Waals surface area contributed by atoms with Gasteiger partial charge in [0.1, 0.15) is 5.82 Å². The molecule has 1 aromatic heterocycles. The Labute approximate surface area is 112 Å². The number of carbonyl (C=O) groups is 1. The molecule has 3 N–H and O–H groups in total. The summed E-state index contributed by atoms with van der Waals surface area (Å²) in [5.41, 5.74) is 6.11. The molecule has 0 aliphatic carbocycles. The highest BCUT2D eigenvalue weighted by Crippen LogP contribution is 2.29. The van der Waals surface area contributed by atoms with Crippen molar-refractivity contribution in [3.8, 4) is 0 Å². The highest BCUT2D eigenvalue weighted by molar-refractivity contribution is 5.83. The molecule has 0 atom stereocenters. The summed E-state index contributed by atoms with van der Waals surface area (Å²) in [6, 6.07) is 1.80. The second-order valence-electron chi connectivity index (χ2n) is 4.87. The number of ether oxygens (including phenoxy) is 1. The van der Waals surface area contributed by atoms with Crippen molar-refractivity contribution in [1.82, 2.24) is 15.3 Å². The summed E-state index contributed by atoms with van der Waals surface area (Å²) < 4.78 is 5.30. The Morgan fingerprint density at radius 2 is 2.26 bits per heavy atom. The Morgan fingerprint density at radius 3 is 2.89 bits per heavy atom. The average Bonchev–Trinajstić information content (AvgIpc) is 2.45. The molecular weight excluding hydrogens is 244 g/mol. The van der Waals surface area contributed by atoms with Gasteiger partial charge in [-0.15, -0.1) is 0 Å². The van der Waals surface area contributed by atoms with E-state index < -0.39 is 5.41 Å². The summed E-state index contributed by atoms with van der Waals surface area (Å²) >= 11 is 0. The maximum Gasteiger partial charge on any atom is 0.227 e. The van der Waals surface area contributed by atoms with Crippen molar-refractivity contribution in [2.24, 2.45) is 11.1 Å². The molecule has 0 saturated carbocycles. The van der Waals surface area contributed by atoms with Crippen LogP contribution in [0.2, 0.25) is 0 Å². The molecule has 6 heteroatoms. The first-order chi connectivity index (χ1) is 9.16. The second kappa shape index (κ2) is 6.08. The Hall–Kier alpha value is -1.53. The lowest BCUT2D eigenvalue weighted by molar-refractivity contribution is -0.136. The van der Waals surface area contributed by atoms with E-state index >= 15 is 0 Å². The van der Waals surface area contributed by atoms with Gasteiger partial charge in [-0.2, -0.15) is 0 Å². The number of nitrogens with two attached hydrogens (primary N) is 1. The van der Waals surface area contributed by atoms with E-state index in [9.17, 15) is 4.79 Å². The van der Waals surface area contributed by atoms with Crippen molar-refractivity contribution >= 4 is 5.91 Å². The molecule has 1 saturated heterocycles. The van der Waals surface area contributed by atoms with E-state index in [-0.39, 0.29) is 5.91 Å². The average molecular weight is 264 g/mol. The monoisotopic (exact) mass is 264 g/mol. The lowest BCUT2D eigenvalue weighted by atomic mass is 9.79. The highest BCUT2D eigenvalue weighted by Gasteiger charge is 2.38. The van der Waals surface area contributed by atoms with Crippen LogP contribution < -0.4 is 11.1 Å². The van der Waals surface area contributed by atoms with Gasteiger partial charge < -0.3 is 15.8 Å². The van der Waals surface area contributed by atoms with Gasteiger partial charge in [-0.05, 0) is 25.8 Å². The van der Waals surface area contributed by atoms with Crippen molar-refractivity contribution in [3.63, 3.8) is 0 Å². The highest BCUT2D eigenvalue weighted by atomic mass is 16.5. The van der Waals surface area contributed by atoms with Crippen LogP contribution in [0.1, 0.15) is 24.4 Å². The summed E-state index contributed by atoms with van der Waals surface area (Å²) in [6.45, 7) is 3.77. The SMILES string of the molecule is Cc1nccc(CNC(=O)C2(CN)CCOCC2)n1. The van der Waals surface area contributed by atoms with Crippen molar-refractivity contribution in [1.29, 1.82) is 0 Å². The summed E-state index contributed by atoms with van der Waals surface area (Å²) in [7, 11) is 0. The Bertz CT molecular complexity index is 444. The first kappa shape index (κ1) is 13.9. The van der Waals surface area contributed by atoms with E-state index in [0.717, 1.165) is 5.69 Å². The van der Waals surface area contributed by atoms with E-state index in [1.165, 1.54) is 0 Å². The molecule has 104 valence electrons. The van der Waals surface area contributed by atoms with E-state index in [1.54, 1.807) is 12.3 Å². The molecule has 1 amide bonds. The lowest BCUT2D eigenvalue weighted by Crippen LogP contribution is -2.49. The normalized spacial score (nSPS) is 18.0. The maximum atomic E-state index is 12.3. The predicted octanol–water partition coefficient (Wildman–Crippen LogP) is 0.157. The van der Waals surface area contributed by atoms with Crippen LogP contribution in [0, 0.1) is 12.3 Å². The van der Waals surface area contributed by atoms with Gasteiger partial charge in [-0.1, -0.05) is 0 Å². The topological polar surface area (TPSA) is 90.1 Å². The zero-order valence-electron chi connectivity index (χ0n) is 11.2. The quantitative estimate of drug-likeness (QED) is 0.808. The minimum absolute atomic E-state index is 0.00503. The standard InChI is InChI=1S/C13H20N4O2/c1-10-15-5-2-11(17-10)8-16-12(18)13(9-14)3-6-19-7-4-13/h2,5H,3-4,6-9,14H2,1H3,(H,16,18). The fourth-order valence-corrected chi connectivity index (χ4v) is 2.25. The van der Waals surface area contributed by atoms with E-state index in [4.69, 9.17) is 10.5 Å². The van der Waals surface area contributed by atoms with E-state index in [0.29, 0.717) is 45.0 Å². The van der Waals surface area contributed by atoms with Gasteiger partial charge in [-0.3, -0.25) is 4.79 Å². The van der Waals surface area contributed by atoms with Gasteiger partial charge in [0, 0.05) is 26.0 Å². The van der Waals surface area contributed by atoms with Crippen molar-refractivity contribution in [2.75, 3.05) is 19.8 Å². The fraction of sp³-hybridized carbons (Fsp3) is 0.615. The molecule has 0 radical (unpaired) electrons. The number of nitrogens with zero attached hydrogens (tertiary/aromatic N) is 2. The third kappa shape index (κ3) is 3.27. The van der Waals surface area contributed by atoms with Crippen molar-refractivity contribution in [2.45, 2.75) is 26.3 Å². The van der Waals surface area contributed by atoms with E-state index in [2.05, 4.69) is 15.3 Å². The number of hydrogen-bond acceptors (Lipinski definition) is 5. The molecule has 0 spiro atoms. The molecule has 1 aliphatic heterocycles. The maximum absolute atomic E-state index is 12.3. The van der Waals surface area contributed by atoms with Crippen LogP contribution in [-0.2, 0) is 16.1 Å². The molecule has 2 heterocycles. The molecule has 0 aromatic carbocycles. The molecule has 0 unspecified atom stereocenters. The lowest BCUT2D eigenvalue weighted by Gasteiger charge is -2.34. The van der Waals surface area contributed by atoms with E-state index in [1.807, 2.05) is 6.92 Å². The van der Waals surface area contributed by atoms with Crippen LogP contribution in [0.25, 0.3) is 0 Å². The van der Waals surface area contributed by atoms with Crippen molar-refractivity contribution < 1.29 is 9.53 Å². The fourth-order valence-electron chi connectivity index (χ4n) is 2.25. The van der Waals surface area contributed by atoms with Crippen molar-refractivity contribution in [3.05, 3.63) is 23.8 Å². The van der Waals surface area contributed by atoms with Gasteiger partial charge in [0.2, 0.25) is 5.91 Å². The Morgan fingerprint density at radius 1 is 1.53 bits per heavy atom. The molecule has 2 rings (SSSR count). The number of aryl methyl sites for hydroxylation is 1. The van der Waals surface area contributed by atoms with Gasteiger partial charge in [-0.25, -0.2) is 9.97 Å². The summed E-state index contributed by atoms with van der Waals surface area (Å²) in [5.74, 6) is 0.695. The number of aromatic nitrogens is 2. The third-order valence-electron chi connectivity index (χ3n) is 3.59. The van der Waals surface area contributed by atoms with Crippen LogP contribution in [-0.4, -0.2) is 35.6 Å². The number of amides is 1. The zero-order valence-corrected chi connectivity index (χ0v) is 11.2. The summed E-state index contributed by atoms with van der Waals surface area (Å²) in [6.07, 6.45) is 3.05. The third-order valence-corrected chi connectivity index (χ3v) is 3.59. The first-order valence-electron chi connectivity index (χ1n) is 6.51. The Balaban J connectivity index is 1.96. The van der Waals surface area contributed by atoms with Gasteiger partial charge >= 0.3 is 0 Å². The first-order valence-corrected chi connectivity index (χ1v) is 6.51. The molecule has 0 bridgehead atoms. The minimum atomic E-state index is -0.486. The van der Waals surface area contributed by atoms with Crippen LogP contribution in [0.4, 0.5) is 0 Å². The molecule has 19 heavy (non-hydrogen) atoms. The van der Waals surface area contributed by atoms with Crippen LogP contribution in [0.3, 0.4) is 0 Å². The zero-order chi connectivity index (χ0) is 13.7. The van der Waals surface area contributed by atoms with Gasteiger partial charge in [0.25, 0.3) is 0 Å². The number of rotatable bonds is 4. The van der Waals surface area contributed by atoms with Crippen LogP contribution >= 0.6 is 0 Å². The number of nitrogens with one attached hydrogen (secondary N) is 1. The second-order valence-corrected chi connectivity index (χ2v) is 4.87. The number of hydrogen-bond donors (Lipinski definition) is 2. The van der Waals surface area contributed by atoms with Crippen LogP contribution in [0.5, 0.6) is 0 Å². The predicted molar refractivity (Wildman–Crippen MR) is 70.2 cm³/mol. The molecule has 1 fully saturated rings. The molecular formula is C13H20N4O2. The smallest absolute Gasteiger partial charge is 0.227 e. The number of carbonyl (C=O) groups excluding carboxylic acids is 1. The minimum Gasteiger partial charge on any atom is -0.381 e. The largest absolute Gasteiger partial charge is 0.381 e.